The Morgan fingerprint density at radius 3 is 2.45 bits per heavy atom. The Morgan fingerprint density at radius 2 is 1.84 bits per heavy atom. The average Bonchev–Trinajstić information content (AvgIpc) is 2.76. The van der Waals surface area contributed by atoms with Crippen LogP contribution in [0.1, 0.15) is 78.1 Å². The monoisotopic (exact) mass is 425 g/mol. The van der Waals surface area contributed by atoms with Gasteiger partial charge in [0, 0.05) is 23.7 Å². The number of anilines is 3. The predicted molar refractivity (Wildman–Crippen MR) is 121 cm³/mol. The van der Waals surface area contributed by atoms with E-state index in [4.69, 9.17) is 5.73 Å². The summed E-state index contributed by atoms with van der Waals surface area (Å²) in [4.78, 5) is 33.4. The minimum Gasteiger partial charge on any atom is -0.393 e. The standard InChI is InChI=1S/C23H31N5O3/c1-4-17-22(25-15-8-10-16(29)11-9-15)28-23(20(26-17)21(24)31)27-18-12-14(19(30)5-2)7-6-13(18)3/h6-7,12,15-16,29H,4-5,8-11H2,1-3H3,(H2,24,31)(H2,25,27,28). The lowest BCUT2D eigenvalue weighted by Crippen LogP contribution is -2.29. The predicted octanol–water partition coefficient (Wildman–Crippen LogP) is 3.50. The normalized spacial score (nSPS) is 18.5. The molecule has 0 radical (unpaired) electrons. The van der Waals surface area contributed by atoms with Crippen LogP contribution in [0.3, 0.4) is 0 Å². The number of aromatic nitrogens is 2. The van der Waals surface area contributed by atoms with Gasteiger partial charge in [-0.15, -0.1) is 0 Å². The molecule has 8 heteroatoms. The first-order chi connectivity index (χ1) is 14.8. The summed E-state index contributed by atoms with van der Waals surface area (Å²) in [5.41, 5.74) is 8.49. The van der Waals surface area contributed by atoms with Gasteiger partial charge in [-0.05, 0) is 50.7 Å². The van der Waals surface area contributed by atoms with Crippen molar-refractivity contribution >= 4 is 29.0 Å². The number of nitrogens with one attached hydrogen (secondary N) is 2. The molecule has 0 bridgehead atoms. The van der Waals surface area contributed by atoms with E-state index in [9.17, 15) is 14.7 Å². The van der Waals surface area contributed by atoms with Crippen LogP contribution in [0.2, 0.25) is 0 Å². The molecule has 1 aromatic heterocycles. The summed E-state index contributed by atoms with van der Waals surface area (Å²) in [7, 11) is 0. The van der Waals surface area contributed by atoms with Gasteiger partial charge in [-0.25, -0.2) is 9.97 Å². The van der Waals surface area contributed by atoms with E-state index in [1.807, 2.05) is 26.8 Å². The third kappa shape index (κ3) is 5.38. The zero-order valence-electron chi connectivity index (χ0n) is 18.4. The second kappa shape index (κ2) is 9.87. The van der Waals surface area contributed by atoms with Gasteiger partial charge in [0.2, 0.25) is 0 Å². The van der Waals surface area contributed by atoms with Gasteiger partial charge in [0.1, 0.15) is 5.82 Å². The summed E-state index contributed by atoms with van der Waals surface area (Å²) >= 11 is 0. The van der Waals surface area contributed by atoms with Crippen LogP contribution < -0.4 is 16.4 Å². The molecular formula is C23H31N5O3. The molecule has 1 saturated carbocycles. The summed E-state index contributed by atoms with van der Waals surface area (Å²) < 4.78 is 0. The molecule has 3 rings (SSSR count). The zero-order chi connectivity index (χ0) is 22.5. The van der Waals surface area contributed by atoms with Crippen molar-refractivity contribution in [3.63, 3.8) is 0 Å². The van der Waals surface area contributed by atoms with Crippen molar-refractivity contribution < 1.29 is 14.7 Å². The van der Waals surface area contributed by atoms with E-state index in [2.05, 4.69) is 20.6 Å². The van der Waals surface area contributed by atoms with Gasteiger partial charge in [0.15, 0.2) is 17.3 Å². The summed E-state index contributed by atoms with van der Waals surface area (Å²) in [6.07, 6.45) is 3.92. The van der Waals surface area contributed by atoms with Crippen molar-refractivity contribution in [2.45, 2.75) is 71.4 Å². The molecule has 1 amide bonds. The molecule has 1 aliphatic rings. The summed E-state index contributed by atoms with van der Waals surface area (Å²) in [6, 6.07) is 5.59. The molecule has 1 aliphatic carbocycles. The van der Waals surface area contributed by atoms with Crippen LogP contribution in [0.25, 0.3) is 0 Å². The Morgan fingerprint density at radius 1 is 1.13 bits per heavy atom. The number of benzene rings is 1. The number of nitrogens with zero attached hydrogens (tertiary/aromatic N) is 2. The van der Waals surface area contributed by atoms with Crippen LogP contribution in [0, 0.1) is 6.92 Å². The third-order valence-electron chi connectivity index (χ3n) is 5.71. The van der Waals surface area contributed by atoms with Gasteiger partial charge in [-0.1, -0.05) is 26.0 Å². The second-order valence-corrected chi connectivity index (χ2v) is 8.02. The highest BCUT2D eigenvalue weighted by molar-refractivity contribution is 5.98. The Kier molecular flexibility index (Phi) is 7.22. The van der Waals surface area contributed by atoms with Crippen molar-refractivity contribution in [1.29, 1.82) is 0 Å². The topological polar surface area (TPSA) is 130 Å². The SMILES string of the molecule is CCC(=O)c1ccc(C)c(Nc2nc(NC3CCC(O)CC3)c(CC)nc2C(N)=O)c1. The third-order valence-corrected chi connectivity index (χ3v) is 5.71. The Labute approximate surface area is 182 Å². The van der Waals surface area contributed by atoms with Crippen LogP contribution in [-0.4, -0.2) is 38.9 Å². The molecule has 0 unspecified atom stereocenters. The highest BCUT2D eigenvalue weighted by Gasteiger charge is 2.23. The quantitative estimate of drug-likeness (QED) is 0.476. The van der Waals surface area contributed by atoms with Gasteiger partial charge in [0.25, 0.3) is 5.91 Å². The zero-order valence-corrected chi connectivity index (χ0v) is 18.4. The fraction of sp³-hybridized carbons (Fsp3) is 0.478. The van der Waals surface area contributed by atoms with Crippen LogP contribution >= 0.6 is 0 Å². The lowest BCUT2D eigenvalue weighted by molar-refractivity contribution is 0.0983. The summed E-state index contributed by atoms with van der Waals surface area (Å²) in [5, 5.41) is 16.4. The number of aryl methyl sites for hydroxylation is 2. The minimum atomic E-state index is -0.671. The van der Waals surface area contributed by atoms with Gasteiger partial charge in [-0.2, -0.15) is 0 Å². The van der Waals surface area contributed by atoms with Crippen molar-refractivity contribution in [2.24, 2.45) is 5.73 Å². The first-order valence-electron chi connectivity index (χ1n) is 10.9. The molecule has 0 spiro atoms. The minimum absolute atomic E-state index is 0.0347. The van der Waals surface area contributed by atoms with Gasteiger partial charge in [0.05, 0.1) is 11.8 Å². The Balaban J connectivity index is 1.97. The summed E-state index contributed by atoms with van der Waals surface area (Å²) in [5.74, 6) is 0.227. The van der Waals surface area contributed by atoms with Crippen LogP contribution in [0.5, 0.6) is 0 Å². The molecule has 1 heterocycles. The largest absolute Gasteiger partial charge is 0.393 e. The summed E-state index contributed by atoms with van der Waals surface area (Å²) in [6.45, 7) is 5.67. The number of hydrogen-bond donors (Lipinski definition) is 4. The molecule has 5 N–H and O–H groups in total. The molecule has 0 aliphatic heterocycles. The average molecular weight is 426 g/mol. The van der Waals surface area contributed by atoms with Gasteiger partial charge < -0.3 is 21.5 Å². The number of carbonyl (C=O) groups excluding carboxylic acids is 2. The number of carbonyl (C=O) groups is 2. The van der Waals surface area contributed by atoms with Crippen LogP contribution in [0.15, 0.2) is 18.2 Å². The molecular weight excluding hydrogens is 394 g/mol. The molecule has 0 atom stereocenters. The van der Waals surface area contributed by atoms with E-state index < -0.39 is 5.91 Å². The number of ketones is 1. The lowest BCUT2D eigenvalue weighted by Gasteiger charge is -2.27. The number of rotatable bonds is 8. The number of aliphatic hydroxyl groups excluding tert-OH is 1. The Bertz CT molecular complexity index is 968. The van der Waals surface area contributed by atoms with Crippen LogP contribution in [0.4, 0.5) is 17.3 Å². The molecule has 1 fully saturated rings. The number of Topliss-reactive ketones (excluding diaryl/α,β-unsaturated/α-hetero) is 1. The van der Waals surface area contributed by atoms with Crippen LogP contribution in [-0.2, 0) is 6.42 Å². The van der Waals surface area contributed by atoms with Crippen molar-refractivity contribution in [3.05, 3.63) is 40.7 Å². The van der Waals surface area contributed by atoms with Gasteiger partial charge >= 0.3 is 0 Å². The van der Waals surface area contributed by atoms with E-state index in [1.165, 1.54) is 0 Å². The molecule has 31 heavy (non-hydrogen) atoms. The first kappa shape index (κ1) is 22.7. The van der Waals surface area contributed by atoms with E-state index in [1.54, 1.807) is 12.1 Å². The van der Waals surface area contributed by atoms with E-state index in [0.29, 0.717) is 35.6 Å². The number of hydrogen-bond acceptors (Lipinski definition) is 7. The number of nitrogens with two attached hydrogens (primary N) is 1. The Hall–Kier alpha value is -3.00. The van der Waals surface area contributed by atoms with E-state index in [-0.39, 0.29) is 29.4 Å². The molecule has 0 saturated heterocycles. The maximum absolute atomic E-state index is 12.1. The van der Waals surface area contributed by atoms with Gasteiger partial charge in [-0.3, -0.25) is 9.59 Å². The maximum atomic E-state index is 12.1. The molecule has 1 aromatic carbocycles. The number of amides is 1. The number of primary amides is 1. The van der Waals surface area contributed by atoms with E-state index >= 15 is 0 Å². The highest BCUT2D eigenvalue weighted by atomic mass is 16.3. The van der Waals surface area contributed by atoms with Crippen molar-refractivity contribution in [2.75, 3.05) is 10.6 Å². The van der Waals surface area contributed by atoms with Crippen molar-refractivity contribution in [3.8, 4) is 0 Å². The molecule has 8 nitrogen and oxygen atoms in total. The fourth-order valence-corrected chi connectivity index (χ4v) is 3.77. The first-order valence-corrected chi connectivity index (χ1v) is 10.9. The second-order valence-electron chi connectivity index (χ2n) is 8.02. The molecule has 166 valence electrons. The molecule has 2 aromatic rings. The highest BCUT2D eigenvalue weighted by Crippen LogP contribution is 2.28. The lowest BCUT2D eigenvalue weighted by atomic mass is 9.93. The smallest absolute Gasteiger partial charge is 0.271 e. The maximum Gasteiger partial charge on any atom is 0.271 e. The number of aliphatic hydroxyl groups is 1. The van der Waals surface area contributed by atoms with Crippen molar-refractivity contribution in [1.82, 2.24) is 9.97 Å². The fourth-order valence-electron chi connectivity index (χ4n) is 3.77. The van der Waals surface area contributed by atoms with E-state index in [0.717, 1.165) is 31.2 Å².